The fourth-order valence-electron chi connectivity index (χ4n) is 2.59. The van der Waals surface area contributed by atoms with Crippen LogP contribution in [-0.2, 0) is 9.59 Å². The second-order valence-electron chi connectivity index (χ2n) is 4.82. The number of hydrogen-bond donors (Lipinski definition) is 2. The Morgan fingerprint density at radius 1 is 1.06 bits per heavy atom. The molecule has 2 rings (SSSR count). The van der Waals surface area contributed by atoms with Crippen LogP contribution in [-0.4, -0.2) is 22.2 Å². The first-order valence-electron chi connectivity index (χ1n) is 5.92. The first-order valence-corrected chi connectivity index (χ1v) is 5.92. The normalized spacial score (nSPS) is 22.8. The van der Waals surface area contributed by atoms with Gasteiger partial charge >= 0.3 is 5.97 Å². The molecule has 2 fully saturated rings. The molecule has 0 amide bonds. The molecule has 2 N–H and O–H groups in total. The maximum Gasteiger partial charge on any atom is 0.309 e. The molecular formula is C12H20O4. The summed E-state index contributed by atoms with van der Waals surface area (Å²) in [4.78, 5) is 20.0. The van der Waals surface area contributed by atoms with Gasteiger partial charge in [0.25, 0.3) is 5.97 Å². The largest absolute Gasteiger partial charge is 0.481 e. The molecule has 0 aliphatic heterocycles. The highest BCUT2D eigenvalue weighted by molar-refractivity contribution is 5.78. The number of carbonyl (C=O) groups is 2. The van der Waals surface area contributed by atoms with Gasteiger partial charge in [0.05, 0.1) is 5.41 Å². The van der Waals surface area contributed by atoms with Crippen molar-refractivity contribution in [2.45, 2.75) is 51.9 Å². The molecule has 0 aromatic carbocycles. The first-order chi connectivity index (χ1) is 7.49. The third-order valence-corrected chi connectivity index (χ3v) is 3.60. The molecule has 0 saturated heterocycles. The molecule has 0 bridgehead atoms. The summed E-state index contributed by atoms with van der Waals surface area (Å²) in [5.74, 6) is -0.863. The van der Waals surface area contributed by atoms with E-state index in [2.05, 4.69) is 0 Å². The quantitative estimate of drug-likeness (QED) is 0.761. The zero-order chi connectivity index (χ0) is 12.2. The van der Waals surface area contributed by atoms with Gasteiger partial charge in [-0.25, -0.2) is 0 Å². The first kappa shape index (κ1) is 13.0. The van der Waals surface area contributed by atoms with Gasteiger partial charge in [-0.05, 0) is 31.6 Å². The number of carboxylic acids is 2. The lowest BCUT2D eigenvalue weighted by Gasteiger charge is -2.27. The maximum absolute atomic E-state index is 11.0. The summed E-state index contributed by atoms with van der Waals surface area (Å²) < 4.78 is 0. The monoisotopic (exact) mass is 228 g/mol. The summed E-state index contributed by atoms with van der Waals surface area (Å²) in [6.45, 7) is 1.08. The molecule has 92 valence electrons. The van der Waals surface area contributed by atoms with Gasteiger partial charge in [0.1, 0.15) is 0 Å². The highest BCUT2D eigenvalue weighted by Crippen LogP contribution is 2.56. The second-order valence-corrected chi connectivity index (χ2v) is 4.82. The van der Waals surface area contributed by atoms with E-state index in [1.807, 2.05) is 0 Å². The third kappa shape index (κ3) is 3.22. The van der Waals surface area contributed by atoms with Crippen LogP contribution in [0.1, 0.15) is 51.9 Å². The van der Waals surface area contributed by atoms with Crippen molar-refractivity contribution >= 4 is 11.9 Å². The molecular weight excluding hydrogens is 208 g/mol. The van der Waals surface area contributed by atoms with Crippen LogP contribution < -0.4 is 0 Å². The predicted molar refractivity (Wildman–Crippen MR) is 59.2 cm³/mol. The van der Waals surface area contributed by atoms with Crippen LogP contribution in [0.4, 0.5) is 0 Å². The molecule has 0 aromatic heterocycles. The molecule has 4 heteroatoms. The molecule has 2 aliphatic rings. The van der Waals surface area contributed by atoms with E-state index >= 15 is 0 Å². The van der Waals surface area contributed by atoms with E-state index in [-0.39, 0.29) is 5.41 Å². The maximum atomic E-state index is 11.0. The zero-order valence-electron chi connectivity index (χ0n) is 9.74. The Hall–Kier alpha value is -1.06. The van der Waals surface area contributed by atoms with Crippen molar-refractivity contribution in [1.29, 1.82) is 0 Å². The summed E-state index contributed by atoms with van der Waals surface area (Å²) in [5.41, 5.74) is -0.263. The predicted octanol–water partition coefficient (Wildman–Crippen LogP) is 2.52. The number of rotatable bonds is 2. The van der Waals surface area contributed by atoms with E-state index in [9.17, 15) is 4.79 Å². The molecule has 0 heterocycles. The fourth-order valence-corrected chi connectivity index (χ4v) is 2.59. The summed E-state index contributed by atoms with van der Waals surface area (Å²) in [7, 11) is 0. The van der Waals surface area contributed by atoms with E-state index in [1.54, 1.807) is 0 Å². The Kier molecular flexibility index (Phi) is 4.33. The van der Waals surface area contributed by atoms with Crippen LogP contribution in [0.5, 0.6) is 0 Å². The van der Waals surface area contributed by atoms with E-state index < -0.39 is 11.9 Å². The van der Waals surface area contributed by atoms with Crippen LogP contribution >= 0.6 is 0 Å². The van der Waals surface area contributed by atoms with Crippen molar-refractivity contribution in [3.05, 3.63) is 0 Å². The molecule has 4 nitrogen and oxygen atoms in total. The van der Waals surface area contributed by atoms with E-state index in [1.165, 1.54) is 19.3 Å². The summed E-state index contributed by atoms with van der Waals surface area (Å²) >= 11 is 0. The molecule has 0 spiro atoms. The van der Waals surface area contributed by atoms with Crippen molar-refractivity contribution < 1.29 is 19.8 Å². The van der Waals surface area contributed by atoms with Crippen LogP contribution in [0.25, 0.3) is 0 Å². The molecule has 0 aromatic rings. The highest BCUT2D eigenvalue weighted by atomic mass is 16.4. The van der Waals surface area contributed by atoms with Crippen molar-refractivity contribution in [3.8, 4) is 0 Å². The lowest BCUT2D eigenvalue weighted by molar-refractivity contribution is -0.146. The minimum Gasteiger partial charge on any atom is -0.481 e. The number of carboxylic acid groups (broad SMARTS) is 2. The van der Waals surface area contributed by atoms with Gasteiger partial charge in [-0.15, -0.1) is 0 Å². The number of aliphatic carboxylic acids is 2. The fraction of sp³-hybridized carbons (Fsp3) is 0.833. The van der Waals surface area contributed by atoms with Crippen LogP contribution in [0.3, 0.4) is 0 Å². The van der Waals surface area contributed by atoms with Gasteiger partial charge in [0, 0.05) is 6.92 Å². The van der Waals surface area contributed by atoms with E-state index in [0.717, 1.165) is 32.6 Å². The average Bonchev–Trinajstić information content (AvgIpc) is 2.98. The Labute approximate surface area is 95.7 Å². The standard InChI is InChI=1S/C10H16O2.C2H4O2/c11-9(12)10(6-7-10)8-4-2-1-3-5-8;1-2(3)4/h8H,1-7H2,(H,11,12);1H3,(H,3,4). The minimum absolute atomic E-state index is 0.263. The Balaban J connectivity index is 0.000000280. The molecule has 0 atom stereocenters. The molecule has 16 heavy (non-hydrogen) atoms. The zero-order valence-corrected chi connectivity index (χ0v) is 9.74. The SMILES string of the molecule is CC(=O)O.O=C(O)C1(C2CCCCC2)CC1. The van der Waals surface area contributed by atoms with Gasteiger partial charge in [0.2, 0.25) is 0 Å². The smallest absolute Gasteiger partial charge is 0.309 e. The highest BCUT2D eigenvalue weighted by Gasteiger charge is 2.55. The second kappa shape index (κ2) is 5.32. The van der Waals surface area contributed by atoms with Crippen molar-refractivity contribution in [3.63, 3.8) is 0 Å². The summed E-state index contributed by atoms with van der Waals surface area (Å²) in [6.07, 6.45) is 8.00. The summed E-state index contributed by atoms with van der Waals surface area (Å²) in [6, 6.07) is 0. The van der Waals surface area contributed by atoms with Gasteiger partial charge in [-0.3, -0.25) is 9.59 Å². The lowest BCUT2D eigenvalue weighted by atomic mass is 9.78. The van der Waals surface area contributed by atoms with Crippen LogP contribution in [0.2, 0.25) is 0 Å². The van der Waals surface area contributed by atoms with Crippen molar-refractivity contribution in [2.75, 3.05) is 0 Å². The van der Waals surface area contributed by atoms with Gasteiger partial charge < -0.3 is 10.2 Å². The molecule has 0 unspecified atom stereocenters. The van der Waals surface area contributed by atoms with Gasteiger partial charge in [-0.2, -0.15) is 0 Å². The van der Waals surface area contributed by atoms with Crippen molar-refractivity contribution in [1.82, 2.24) is 0 Å². The molecule has 0 radical (unpaired) electrons. The molecule has 2 aliphatic carbocycles. The van der Waals surface area contributed by atoms with Crippen molar-refractivity contribution in [2.24, 2.45) is 11.3 Å². The number of hydrogen-bond acceptors (Lipinski definition) is 2. The molecule has 2 saturated carbocycles. The average molecular weight is 228 g/mol. The Morgan fingerprint density at radius 3 is 1.81 bits per heavy atom. The van der Waals surface area contributed by atoms with Crippen LogP contribution in [0.15, 0.2) is 0 Å². The van der Waals surface area contributed by atoms with E-state index in [4.69, 9.17) is 15.0 Å². The topological polar surface area (TPSA) is 74.6 Å². The Bertz CT molecular complexity index is 258. The minimum atomic E-state index is -0.833. The van der Waals surface area contributed by atoms with E-state index in [0.29, 0.717) is 5.92 Å². The lowest BCUT2D eigenvalue weighted by Crippen LogP contribution is -2.26. The third-order valence-electron chi connectivity index (χ3n) is 3.60. The van der Waals surface area contributed by atoms with Gasteiger partial charge in [-0.1, -0.05) is 19.3 Å². The van der Waals surface area contributed by atoms with Crippen LogP contribution in [0, 0.1) is 11.3 Å². The summed E-state index contributed by atoms with van der Waals surface area (Å²) in [5, 5.41) is 16.5. The van der Waals surface area contributed by atoms with Gasteiger partial charge in [0.15, 0.2) is 0 Å². The Morgan fingerprint density at radius 2 is 1.50 bits per heavy atom.